The van der Waals surface area contributed by atoms with Crippen molar-refractivity contribution in [3.8, 4) is 0 Å². The molecule has 2 heterocycles. The minimum atomic E-state index is -3.69. The number of aromatic nitrogens is 3. The highest BCUT2D eigenvalue weighted by molar-refractivity contribution is 9.10. The Morgan fingerprint density at radius 1 is 1.26 bits per heavy atom. The summed E-state index contributed by atoms with van der Waals surface area (Å²) in [6.45, 7) is 1.89. The number of sulfonamides is 1. The Bertz CT molecular complexity index is 980. The van der Waals surface area contributed by atoms with Crippen LogP contribution in [0.5, 0.6) is 0 Å². The van der Waals surface area contributed by atoms with Crippen molar-refractivity contribution in [1.29, 1.82) is 0 Å². The average molecular weight is 394 g/mol. The van der Waals surface area contributed by atoms with Crippen LogP contribution in [0.4, 0.5) is 0 Å². The second kappa shape index (κ2) is 6.09. The summed E-state index contributed by atoms with van der Waals surface area (Å²) in [7, 11) is -3.69. The van der Waals surface area contributed by atoms with E-state index in [9.17, 15) is 8.42 Å². The predicted molar refractivity (Wildman–Crippen MR) is 89.8 cm³/mol. The van der Waals surface area contributed by atoms with Gasteiger partial charge in [0.25, 0.3) is 10.0 Å². The van der Waals surface area contributed by atoms with E-state index in [1.807, 2.05) is 6.92 Å². The zero-order valence-electron chi connectivity index (χ0n) is 12.0. The van der Waals surface area contributed by atoms with E-state index in [0.29, 0.717) is 11.2 Å². The molecule has 3 aromatic rings. The van der Waals surface area contributed by atoms with Crippen molar-refractivity contribution in [1.82, 2.24) is 19.4 Å². The smallest absolute Gasteiger partial charge is 0.235 e. The van der Waals surface area contributed by atoms with Gasteiger partial charge >= 0.3 is 0 Å². The molecule has 0 aliphatic carbocycles. The molecular weight excluding hydrogens is 382 g/mol. The van der Waals surface area contributed by atoms with Gasteiger partial charge in [-0.2, -0.15) is 18.6 Å². The van der Waals surface area contributed by atoms with Gasteiger partial charge in [-0.05, 0) is 35.0 Å². The second-order valence-corrected chi connectivity index (χ2v) is 7.38. The molecule has 0 unspecified atom stereocenters. The van der Waals surface area contributed by atoms with Gasteiger partial charge < -0.3 is 0 Å². The highest BCUT2D eigenvalue weighted by Crippen LogP contribution is 2.12. The number of benzene rings is 1. The van der Waals surface area contributed by atoms with Crippen LogP contribution in [0.2, 0.25) is 0 Å². The molecule has 0 amide bonds. The molecule has 1 N–H and O–H groups in total. The van der Waals surface area contributed by atoms with Gasteiger partial charge in [0.2, 0.25) is 0 Å². The fourth-order valence-electron chi connectivity index (χ4n) is 1.90. The van der Waals surface area contributed by atoms with Crippen LogP contribution in [0.3, 0.4) is 0 Å². The van der Waals surface area contributed by atoms with Crippen molar-refractivity contribution in [2.45, 2.75) is 11.8 Å². The molecule has 2 aromatic heterocycles. The van der Waals surface area contributed by atoms with Crippen LogP contribution in [0.1, 0.15) is 11.1 Å². The minimum Gasteiger partial charge on any atom is -0.235 e. The van der Waals surface area contributed by atoms with Crippen LogP contribution in [-0.2, 0) is 10.0 Å². The first-order valence-electron chi connectivity index (χ1n) is 6.56. The molecule has 0 aliphatic heterocycles. The number of aryl methyl sites for hydroxylation is 1. The molecule has 0 atom stereocenters. The quantitative estimate of drug-likeness (QED) is 0.542. The maximum Gasteiger partial charge on any atom is 0.276 e. The van der Waals surface area contributed by atoms with Gasteiger partial charge in [0.05, 0.1) is 27.3 Å². The van der Waals surface area contributed by atoms with Gasteiger partial charge in [0.15, 0.2) is 5.65 Å². The number of hydrazone groups is 1. The highest BCUT2D eigenvalue weighted by atomic mass is 79.9. The molecule has 118 valence electrons. The average Bonchev–Trinajstić information content (AvgIpc) is 2.90. The molecule has 0 radical (unpaired) electrons. The molecule has 0 spiro atoms. The van der Waals surface area contributed by atoms with Gasteiger partial charge in [0.1, 0.15) is 0 Å². The summed E-state index contributed by atoms with van der Waals surface area (Å²) in [6, 6.07) is 6.51. The molecule has 0 bridgehead atoms. The number of nitrogens with zero attached hydrogens (tertiary/aromatic N) is 4. The van der Waals surface area contributed by atoms with Gasteiger partial charge in [-0.25, -0.2) is 14.3 Å². The van der Waals surface area contributed by atoms with E-state index in [2.05, 4.69) is 35.9 Å². The Hall–Kier alpha value is -2.26. The Morgan fingerprint density at radius 3 is 2.74 bits per heavy atom. The normalized spacial score (nSPS) is 12.1. The van der Waals surface area contributed by atoms with Gasteiger partial charge in [-0.1, -0.05) is 17.7 Å². The molecule has 23 heavy (non-hydrogen) atoms. The van der Waals surface area contributed by atoms with Crippen LogP contribution in [0.15, 0.2) is 57.3 Å². The third-order valence-corrected chi connectivity index (χ3v) is 4.71. The van der Waals surface area contributed by atoms with Crippen LogP contribution < -0.4 is 4.83 Å². The topological polar surface area (TPSA) is 88.7 Å². The lowest BCUT2D eigenvalue weighted by molar-refractivity contribution is 0.584. The third-order valence-electron chi connectivity index (χ3n) is 3.06. The molecule has 0 fully saturated rings. The summed E-state index contributed by atoms with van der Waals surface area (Å²) in [5.41, 5.74) is 2.16. The van der Waals surface area contributed by atoms with Crippen molar-refractivity contribution in [2.24, 2.45) is 5.10 Å². The van der Waals surface area contributed by atoms with E-state index in [0.717, 1.165) is 10.0 Å². The number of nitrogens with one attached hydrogen (secondary N) is 1. The van der Waals surface area contributed by atoms with E-state index < -0.39 is 10.0 Å². The Balaban J connectivity index is 1.81. The maximum absolute atomic E-state index is 12.1. The number of rotatable bonds is 4. The lowest BCUT2D eigenvalue weighted by Crippen LogP contribution is -2.18. The predicted octanol–water partition coefficient (Wildman–Crippen LogP) is 2.11. The molecule has 9 heteroatoms. The van der Waals surface area contributed by atoms with Crippen molar-refractivity contribution in [2.75, 3.05) is 0 Å². The van der Waals surface area contributed by atoms with Crippen LogP contribution in [0.25, 0.3) is 5.65 Å². The zero-order valence-corrected chi connectivity index (χ0v) is 14.4. The number of hydrogen-bond acceptors (Lipinski definition) is 5. The van der Waals surface area contributed by atoms with E-state index >= 15 is 0 Å². The fourth-order valence-corrected chi connectivity index (χ4v) is 2.98. The number of halogens is 1. The summed E-state index contributed by atoms with van der Waals surface area (Å²) in [6.07, 6.45) is 6.30. The van der Waals surface area contributed by atoms with Crippen molar-refractivity contribution in [3.63, 3.8) is 0 Å². The number of fused-ring (bicyclic) bond motifs is 1. The Kier molecular flexibility index (Phi) is 4.14. The summed E-state index contributed by atoms with van der Waals surface area (Å²) < 4.78 is 26.6. The molecule has 0 saturated heterocycles. The van der Waals surface area contributed by atoms with Gasteiger partial charge in [0, 0.05) is 12.4 Å². The Labute approximate surface area is 141 Å². The summed E-state index contributed by atoms with van der Waals surface area (Å²) in [5.74, 6) is 0. The summed E-state index contributed by atoms with van der Waals surface area (Å²) in [4.78, 5) is 6.54. The minimum absolute atomic E-state index is 0.155. The van der Waals surface area contributed by atoms with E-state index in [1.54, 1.807) is 35.2 Å². The first kappa shape index (κ1) is 15.6. The van der Waals surface area contributed by atoms with E-state index in [4.69, 9.17) is 0 Å². The second-order valence-electron chi connectivity index (χ2n) is 4.81. The largest absolute Gasteiger partial charge is 0.276 e. The van der Waals surface area contributed by atoms with Gasteiger partial charge in [-0.3, -0.25) is 0 Å². The maximum atomic E-state index is 12.1. The number of hydrogen-bond donors (Lipinski definition) is 1. The summed E-state index contributed by atoms with van der Waals surface area (Å²) >= 11 is 3.30. The van der Waals surface area contributed by atoms with Crippen molar-refractivity contribution >= 4 is 37.8 Å². The molecule has 7 nitrogen and oxygen atoms in total. The lowest BCUT2D eigenvalue weighted by atomic mass is 10.2. The monoisotopic (exact) mass is 393 g/mol. The highest BCUT2D eigenvalue weighted by Gasteiger charge is 2.12. The van der Waals surface area contributed by atoms with E-state index in [1.165, 1.54) is 18.3 Å². The SMILES string of the molecule is Cc1ccc(S(=O)(=O)NN=Cc2cnn3cc(Br)cnc23)cc1. The molecule has 3 rings (SSSR count). The van der Waals surface area contributed by atoms with Crippen LogP contribution in [0, 0.1) is 6.92 Å². The lowest BCUT2D eigenvalue weighted by Gasteiger charge is -2.03. The third kappa shape index (κ3) is 3.40. The Morgan fingerprint density at radius 2 is 2.00 bits per heavy atom. The molecule has 0 saturated carbocycles. The molecule has 0 aliphatic rings. The van der Waals surface area contributed by atoms with Crippen molar-refractivity contribution < 1.29 is 8.42 Å². The standard InChI is InChI=1S/C14H12BrN5O2S/c1-10-2-4-13(5-3-10)23(21,22)19-17-6-11-7-18-20-9-12(15)8-16-14(11)20/h2-9,19H,1H3. The first-order chi connectivity index (χ1) is 11.0. The van der Waals surface area contributed by atoms with Gasteiger partial charge in [-0.15, -0.1) is 0 Å². The molecule has 1 aromatic carbocycles. The fraction of sp³-hybridized carbons (Fsp3) is 0.0714. The van der Waals surface area contributed by atoms with Crippen molar-refractivity contribution in [3.05, 3.63) is 58.5 Å². The van der Waals surface area contributed by atoms with Crippen LogP contribution >= 0.6 is 15.9 Å². The van der Waals surface area contributed by atoms with E-state index in [-0.39, 0.29) is 4.90 Å². The summed E-state index contributed by atoms with van der Waals surface area (Å²) in [5, 5.41) is 7.91. The van der Waals surface area contributed by atoms with Crippen LogP contribution in [-0.4, -0.2) is 29.2 Å². The zero-order chi connectivity index (χ0) is 16.4. The first-order valence-corrected chi connectivity index (χ1v) is 8.84. The molecular formula is C14H12BrN5O2S.